The summed E-state index contributed by atoms with van der Waals surface area (Å²) in [6, 6.07) is 7.05. The molecule has 0 radical (unpaired) electrons. The SMILES string of the molecule is CCCCCc1ccc(S(=O)(=O)N(C)CC(C)C(=O)CS)cc1. The number of carbonyl (C=O) groups is 1. The number of benzene rings is 1. The second-order valence-electron chi connectivity index (χ2n) is 5.91. The molecule has 130 valence electrons. The summed E-state index contributed by atoms with van der Waals surface area (Å²) in [6.07, 6.45) is 4.43. The first-order chi connectivity index (χ1) is 10.8. The largest absolute Gasteiger partial charge is 0.298 e. The zero-order valence-electron chi connectivity index (χ0n) is 14.2. The lowest BCUT2D eigenvalue weighted by Crippen LogP contribution is -2.34. The molecule has 0 amide bonds. The van der Waals surface area contributed by atoms with Crippen LogP contribution in [0.1, 0.15) is 38.7 Å². The Hall–Kier alpha value is -0.850. The maximum Gasteiger partial charge on any atom is 0.242 e. The first-order valence-electron chi connectivity index (χ1n) is 8.01. The summed E-state index contributed by atoms with van der Waals surface area (Å²) in [6.45, 7) is 4.05. The van der Waals surface area contributed by atoms with Crippen molar-refractivity contribution in [3.63, 3.8) is 0 Å². The molecule has 0 saturated heterocycles. The van der Waals surface area contributed by atoms with Gasteiger partial charge in [0.15, 0.2) is 0 Å². The number of hydrogen-bond donors (Lipinski definition) is 1. The molecule has 0 aliphatic rings. The fourth-order valence-corrected chi connectivity index (χ4v) is 3.90. The Morgan fingerprint density at radius 1 is 1.22 bits per heavy atom. The van der Waals surface area contributed by atoms with E-state index in [1.165, 1.54) is 24.2 Å². The zero-order valence-corrected chi connectivity index (χ0v) is 15.9. The summed E-state index contributed by atoms with van der Waals surface area (Å²) < 4.78 is 26.3. The van der Waals surface area contributed by atoms with Crippen molar-refractivity contribution in [3.8, 4) is 0 Å². The lowest BCUT2D eigenvalue weighted by atomic mass is 10.1. The zero-order chi connectivity index (χ0) is 17.5. The minimum Gasteiger partial charge on any atom is -0.298 e. The minimum atomic E-state index is -3.56. The quantitative estimate of drug-likeness (QED) is 0.517. The Kier molecular flexibility index (Phi) is 8.29. The van der Waals surface area contributed by atoms with Gasteiger partial charge >= 0.3 is 0 Å². The standard InChI is InChI=1S/C17H27NO3S2/c1-4-5-6-7-15-8-10-16(11-9-15)23(20,21)18(3)12-14(2)17(19)13-22/h8-11,14,22H,4-7,12-13H2,1-3H3. The van der Waals surface area contributed by atoms with Crippen LogP contribution in [0.2, 0.25) is 0 Å². The van der Waals surface area contributed by atoms with Crippen molar-refractivity contribution in [2.75, 3.05) is 19.3 Å². The number of thiol groups is 1. The number of rotatable bonds is 10. The van der Waals surface area contributed by atoms with Crippen LogP contribution in [0.5, 0.6) is 0 Å². The van der Waals surface area contributed by atoms with E-state index in [1.54, 1.807) is 19.1 Å². The molecule has 1 atom stereocenters. The van der Waals surface area contributed by atoms with E-state index < -0.39 is 10.0 Å². The number of unbranched alkanes of at least 4 members (excludes halogenated alkanes) is 2. The van der Waals surface area contributed by atoms with Gasteiger partial charge in [-0.2, -0.15) is 12.6 Å². The summed E-state index contributed by atoms with van der Waals surface area (Å²) in [4.78, 5) is 11.9. The smallest absolute Gasteiger partial charge is 0.242 e. The van der Waals surface area contributed by atoms with Crippen LogP contribution < -0.4 is 0 Å². The van der Waals surface area contributed by atoms with Gasteiger partial charge in [0.25, 0.3) is 0 Å². The Labute approximate surface area is 145 Å². The second-order valence-corrected chi connectivity index (χ2v) is 8.27. The van der Waals surface area contributed by atoms with Gasteiger partial charge in [0, 0.05) is 25.3 Å². The molecule has 0 heterocycles. The van der Waals surface area contributed by atoms with Gasteiger partial charge in [-0.1, -0.05) is 38.8 Å². The van der Waals surface area contributed by atoms with Gasteiger partial charge in [-0.3, -0.25) is 4.79 Å². The minimum absolute atomic E-state index is 0.0540. The van der Waals surface area contributed by atoms with Gasteiger partial charge in [-0.05, 0) is 30.5 Å². The highest BCUT2D eigenvalue weighted by atomic mass is 32.2. The van der Waals surface area contributed by atoms with E-state index in [0.717, 1.165) is 18.4 Å². The van der Waals surface area contributed by atoms with Crippen LogP contribution in [-0.4, -0.2) is 37.9 Å². The number of carbonyl (C=O) groups excluding carboxylic acids is 1. The van der Waals surface area contributed by atoms with Crippen LogP contribution in [0.25, 0.3) is 0 Å². The molecule has 0 N–H and O–H groups in total. The molecule has 1 aromatic carbocycles. The molecular weight excluding hydrogens is 330 g/mol. The molecule has 0 spiro atoms. The van der Waals surface area contributed by atoms with E-state index in [0.29, 0.717) is 0 Å². The summed E-state index contributed by atoms with van der Waals surface area (Å²) in [5, 5.41) is 0. The average molecular weight is 358 g/mol. The molecule has 1 aromatic rings. The molecule has 23 heavy (non-hydrogen) atoms. The van der Waals surface area contributed by atoms with E-state index in [9.17, 15) is 13.2 Å². The monoisotopic (exact) mass is 357 g/mol. The second kappa shape index (κ2) is 9.45. The molecule has 0 bridgehead atoms. The van der Waals surface area contributed by atoms with E-state index in [4.69, 9.17) is 0 Å². The highest BCUT2D eigenvalue weighted by molar-refractivity contribution is 7.89. The molecule has 4 nitrogen and oxygen atoms in total. The third-order valence-corrected chi connectivity index (χ3v) is 6.09. The van der Waals surface area contributed by atoms with Crippen LogP contribution >= 0.6 is 12.6 Å². The number of ketones is 1. The van der Waals surface area contributed by atoms with E-state index in [1.807, 2.05) is 12.1 Å². The Balaban J connectivity index is 2.77. The Bertz CT molecular complexity index is 597. The number of Topliss-reactive ketones (excluding diaryl/α,β-unsaturated/α-hetero) is 1. The highest BCUT2D eigenvalue weighted by Crippen LogP contribution is 2.18. The molecule has 0 saturated carbocycles. The predicted octanol–water partition coefficient (Wildman–Crippen LogP) is 3.17. The third-order valence-electron chi connectivity index (χ3n) is 3.94. The molecule has 0 aliphatic carbocycles. The Morgan fingerprint density at radius 2 is 1.83 bits per heavy atom. The van der Waals surface area contributed by atoms with Crippen molar-refractivity contribution in [1.29, 1.82) is 0 Å². The number of aryl methyl sites for hydroxylation is 1. The van der Waals surface area contributed by atoms with E-state index >= 15 is 0 Å². The summed E-state index contributed by atoms with van der Waals surface area (Å²) >= 11 is 3.95. The van der Waals surface area contributed by atoms with Gasteiger partial charge in [0.05, 0.1) is 4.90 Å². The lowest BCUT2D eigenvalue weighted by Gasteiger charge is -2.20. The molecule has 1 rings (SSSR count). The van der Waals surface area contributed by atoms with Gasteiger partial charge < -0.3 is 0 Å². The van der Waals surface area contributed by atoms with Gasteiger partial charge in [0.1, 0.15) is 5.78 Å². The van der Waals surface area contributed by atoms with Crippen molar-refractivity contribution in [2.45, 2.75) is 44.4 Å². The van der Waals surface area contributed by atoms with Crippen molar-refractivity contribution < 1.29 is 13.2 Å². The number of nitrogens with zero attached hydrogens (tertiary/aromatic N) is 1. The molecule has 1 unspecified atom stereocenters. The predicted molar refractivity (Wildman–Crippen MR) is 97.5 cm³/mol. The lowest BCUT2D eigenvalue weighted by molar-refractivity contribution is -0.119. The van der Waals surface area contributed by atoms with Crippen LogP contribution in [-0.2, 0) is 21.2 Å². The molecule has 0 aliphatic heterocycles. The first-order valence-corrected chi connectivity index (χ1v) is 10.1. The molecule has 6 heteroatoms. The molecule has 0 fully saturated rings. The van der Waals surface area contributed by atoms with Crippen molar-refractivity contribution in [3.05, 3.63) is 29.8 Å². The first kappa shape index (κ1) is 20.2. The van der Waals surface area contributed by atoms with Gasteiger partial charge in [0.2, 0.25) is 10.0 Å². The summed E-state index contributed by atoms with van der Waals surface area (Å²) in [5.74, 6) is -0.288. The normalized spacial score (nSPS) is 13.3. The van der Waals surface area contributed by atoms with E-state index in [-0.39, 0.29) is 28.9 Å². The summed E-state index contributed by atoms with van der Waals surface area (Å²) in [7, 11) is -2.05. The third kappa shape index (κ3) is 5.94. The van der Waals surface area contributed by atoms with Gasteiger partial charge in [-0.25, -0.2) is 12.7 Å². The maximum atomic E-state index is 12.5. The number of hydrogen-bond acceptors (Lipinski definition) is 4. The van der Waals surface area contributed by atoms with Crippen molar-refractivity contribution >= 4 is 28.4 Å². The average Bonchev–Trinajstić information content (AvgIpc) is 2.54. The fraction of sp³-hybridized carbons (Fsp3) is 0.588. The number of sulfonamides is 1. The van der Waals surface area contributed by atoms with Gasteiger partial charge in [-0.15, -0.1) is 0 Å². The molecule has 0 aromatic heterocycles. The Morgan fingerprint density at radius 3 is 2.35 bits per heavy atom. The summed E-state index contributed by atoms with van der Waals surface area (Å²) in [5.41, 5.74) is 1.15. The topological polar surface area (TPSA) is 54.5 Å². The van der Waals surface area contributed by atoms with E-state index in [2.05, 4.69) is 19.6 Å². The molecular formula is C17H27NO3S2. The van der Waals surface area contributed by atoms with Crippen LogP contribution in [0.4, 0.5) is 0 Å². The van der Waals surface area contributed by atoms with Crippen LogP contribution in [0, 0.1) is 5.92 Å². The van der Waals surface area contributed by atoms with Crippen LogP contribution in [0.3, 0.4) is 0 Å². The van der Waals surface area contributed by atoms with Crippen molar-refractivity contribution in [1.82, 2.24) is 4.31 Å². The highest BCUT2D eigenvalue weighted by Gasteiger charge is 2.24. The van der Waals surface area contributed by atoms with Crippen molar-refractivity contribution in [2.24, 2.45) is 5.92 Å². The van der Waals surface area contributed by atoms with Crippen LogP contribution in [0.15, 0.2) is 29.2 Å². The fourth-order valence-electron chi connectivity index (χ4n) is 2.33. The maximum absolute atomic E-state index is 12.5.